The molecule has 0 saturated carbocycles. The number of anilines is 1. The van der Waals surface area contributed by atoms with E-state index in [2.05, 4.69) is 15.3 Å². The molecule has 0 aliphatic carbocycles. The molecule has 1 amide bonds. The van der Waals surface area contributed by atoms with Crippen molar-refractivity contribution in [3.63, 3.8) is 0 Å². The maximum absolute atomic E-state index is 12.5. The third-order valence-corrected chi connectivity index (χ3v) is 3.58. The minimum absolute atomic E-state index is 0.228. The van der Waals surface area contributed by atoms with Crippen LogP contribution in [0.1, 0.15) is 12.5 Å². The lowest BCUT2D eigenvalue weighted by atomic mass is 10.2. The van der Waals surface area contributed by atoms with E-state index in [-0.39, 0.29) is 11.6 Å². The van der Waals surface area contributed by atoms with Gasteiger partial charge in [0.05, 0.1) is 22.6 Å². The SMILES string of the molecule is CC1=NN(c2ccccc2)C(=O)[C@@H]1N=Nc1ccc(C(F)(F)F)cc1. The van der Waals surface area contributed by atoms with E-state index >= 15 is 0 Å². The molecule has 25 heavy (non-hydrogen) atoms. The fourth-order valence-corrected chi connectivity index (χ4v) is 2.28. The van der Waals surface area contributed by atoms with Crippen molar-refractivity contribution in [2.75, 3.05) is 5.01 Å². The topological polar surface area (TPSA) is 57.4 Å². The van der Waals surface area contributed by atoms with Gasteiger partial charge in [0.2, 0.25) is 0 Å². The minimum Gasteiger partial charge on any atom is -0.269 e. The second kappa shape index (κ2) is 6.46. The summed E-state index contributed by atoms with van der Waals surface area (Å²) < 4.78 is 37.6. The molecule has 128 valence electrons. The summed E-state index contributed by atoms with van der Waals surface area (Å²) in [4.78, 5) is 12.4. The fourth-order valence-electron chi connectivity index (χ4n) is 2.28. The van der Waals surface area contributed by atoms with Gasteiger partial charge in [-0.05, 0) is 43.3 Å². The molecule has 0 aromatic heterocycles. The predicted molar refractivity (Wildman–Crippen MR) is 86.8 cm³/mol. The Kier molecular flexibility index (Phi) is 4.35. The molecule has 0 saturated heterocycles. The summed E-state index contributed by atoms with van der Waals surface area (Å²) in [5.41, 5.74) is 0.534. The molecule has 0 radical (unpaired) electrons. The zero-order valence-corrected chi connectivity index (χ0v) is 13.1. The molecule has 2 aromatic carbocycles. The molecule has 0 fully saturated rings. The van der Waals surface area contributed by atoms with E-state index in [1.165, 1.54) is 17.1 Å². The van der Waals surface area contributed by atoms with Gasteiger partial charge in [-0.1, -0.05) is 18.2 Å². The third kappa shape index (κ3) is 3.57. The number of hydrazone groups is 1. The third-order valence-electron chi connectivity index (χ3n) is 3.58. The number of rotatable bonds is 3. The molecule has 1 aliphatic rings. The first-order valence-electron chi connectivity index (χ1n) is 7.38. The molecule has 8 heteroatoms. The van der Waals surface area contributed by atoms with Crippen molar-refractivity contribution in [3.8, 4) is 0 Å². The lowest BCUT2D eigenvalue weighted by Crippen LogP contribution is -2.29. The van der Waals surface area contributed by atoms with E-state index in [1.54, 1.807) is 31.2 Å². The molecule has 0 spiro atoms. The Bertz CT molecular complexity index is 829. The van der Waals surface area contributed by atoms with E-state index in [0.717, 1.165) is 12.1 Å². The molecule has 1 atom stereocenters. The largest absolute Gasteiger partial charge is 0.416 e. The Morgan fingerprint density at radius 2 is 1.68 bits per heavy atom. The smallest absolute Gasteiger partial charge is 0.269 e. The summed E-state index contributed by atoms with van der Waals surface area (Å²) in [6.07, 6.45) is -4.41. The van der Waals surface area contributed by atoms with Gasteiger partial charge in [0.15, 0.2) is 6.04 Å². The minimum atomic E-state index is -4.41. The molecule has 1 aliphatic heterocycles. The summed E-state index contributed by atoms with van der Waals surface area (Å²) in [5.74, 6) is -0.362. The maximum atomic E-state index is 12.5. The second-order valence-corrected chi connectivity index (χ2v) is 5.39. The van der Waals surface area contributed by atoms with Gasteiger partial charge < -0.3 is 0 Å². The van der Waals surface area contributed by atoms with Gasteiger partial charge in [0.25, 0.3) is 5.91 Å². The van der Waals surface area contributed by atoms with Gasteiger partial charge in [-0.25, -0.2) is 0 Å². The van der Waals surface area contributed by atoms with Crippen LogP contribution in [0.25, 0.3) is 0 Å². The number of alkyl halides is 3. The van der Waals surface area contributed by atoms with Crippen molar-refractivity contribution in [3.05, 3.63) is 60.2 Å². The number of halogens is 3. The van der Waals surface area contributed by atoms with Crippen molar-refractivity contribution < 1.29 is 18.0 Å². The zero-order chi connectivity index (χ0) is 18.0. The summed E-state index contributed by atoms with van der Waals surface area (Å²) in [6, 6.07) is 12.2. The summed E-state index contributed by atoms with van der Waals surface area (Å²) in [6.45, 7) is 1.65. The number of hydrogen-bond acceptors (Lipinski definition) is 4. The number of benzene rings is 2. The fraction of sp³-hybridized carbons (Fsp3) is 0.176. The van der Waals surface area contributed by atoms with E-state index < -0.39 is 17.8 Å². The van der Waals surface area contributed by atoms with Crippen LogP contribution in [0.3, 0.4) is 0 Å². The molecular weight excluding hydrogens is 333 g/mol. The zero-order valence-electron chi connectivity index (χ0n) is 13.1. The van der Waals surface area contributed by atoms with Crippen molar-refractivity contribution in [2.45, 2.75) is 19.1 Å². The van der Waals surface area contributed by atoms with E-state index in [9.17, 15) is 18.0 Å². The molecule has 3 rings (SSSR count). The molecule has 0 bridgehead atoms. The van der Waals surface area contributed by atoms with Crippen LogP contribution in [-0.4, -0.2) is 17.7 Å². The van der Waals surface area contributed by atoms with Gasteiger partial charge in [-0.15, -0.1) is 0 Å². The van der Waals surface area contributed by atoms with Gasteiger partial charge in [0, 0.05) is 0 Å². The number of para-hydroxylation sites is 1. The standard InChI is InChI=1S/C17H13F3N4O/c1-11-15(16(25)24(23-11)14-5-3-2-4-6-14)22-21-13-9-7-12(8-10-13)17(18,19)20/h2-10,15H,1H3/t15-/m1/s1. The average molecular weight is 346 g/mol. The number of azo groups is 1. The van der Waals surface area contributed by atoms with Crippen molar-refractivity contribution in [1.82, 2.24) is 0 Å². The van der Waals surface area contributed by atoms with Crippen LogP contribution in [0, 0.1) is 0 Å². The highest BCUT2D eigenvalue weighted by Gasteiger charge is 2.34. The Hall–Kier alpha value is -3.03. The van der Waals surface area contributed by atoms with Crippen LogP contribution in [0.4, 0.5) is 24.5 Å². The first kappa shape index (κ1) is 16.8. The van der Waals surface area contributed by atoms with Gasteiger partial charge in [-0.3, -0.25) is 4.79 Å². The predicted octanol–water partition coefficient (Wildman–Crippen LogP) is 4.58. The first-order chi connectivity index (χ1) is 11.9. The van der Waals surface area contributed by atoms with Gasteiger partial charge >= 0.3 is 6.18 Å². The van der Waals surface area contributed by atoms with E-state index in [0.29, 0.717) is 11.4 Å². The monoisotopic (exact) mass is 346 g/mol. The number of carbonyl (C=O) groups is 1. The van der Waals surface area contributed by atoms with Gasteiger partial charge in [0.1, 0.15) is 0 Å². The normalized spacial score (nSPS) is 18.1. The quantitative estimate of drug-likeness (QED) is 0.751. The molecule has 2 aromatic rings. The number of nitrogens with zero attached hydrogens (tertiary/aromatic N) is 4. The van der Waals surface area contributed by atoms with Crippen molar-refractivity contribution in [2.24, 2.45) is 15.3 Å². The number of carbonyl (C=O) groups excluding carboxylic acids is 1. The van der Waals surface area contributed by atoms with Crippen molar-refractivity contribution >= 4 is 23.0 Å². The van der Waals surface area contributed by atoms with Crippen molar-refractivity contribution in [1.29, 1.82) is 0 Å². The highest BCUT2D eigenvalue weighted by Crippen LogP contribution is 2.30. The Balaban J connectivity index is 1.76. The first-order valence-corrected chi connectivity index (χ1v) is 7.38. The van der Waals surface area contributed by atoms with Crippen LogP contribution in [0.2, 0.25) is 0 Å². The van der Waals surface area contributed by atoms with E-state index in [1.807, 2.05) is 6.07 Å². The Labute approximate surface area is 141 Å². The maximum Gasteiger partial charge on any atom is 0.416 e. The van der Waals surface area contributed by atoms with Crippen LogP contribution in [0.5, 0.6) is 0 Å². The van der Waals surface area contributed by atoms with Gasteiger partial charge in [-0.2, -0.15) is 33.5 Å². The second-order valence-electron chi connectivity index (χ2n) is 5.39. The molecular formula is C17H13F3N4O. The number of amides is 1. The van der Waals surface area contributed by atoms with Crippen LogP contribution >= 0.6 is 0 Å². The molecule has 5 nitrogen and oxygen atoms in total. The highest BCUT2D eigenvalue weighted by atomic mass is 19.4. The van der Waals surface area contributed by atoms with Crippen LogP contribution in [0.15, 0.2) is 69.9 Å². The molecule has 0 N–H and O–H groups in total. The summed E-state index contributed by atoms with van der Waals surface area (Å²) in [7, 11) is 0. The molecule has 1 heterocycles. The summed E-state index contributed by atoms with van der Waals surface area (Å²) in [5, 5.41) is 13.2. The number of hydrogen-bond donors (Lipinski definition) is 0. The highest BCUT2D eigenvalue weighted by molar-refractivity contribution is 6.18. The Morgan fingerprint density at radius 3 is 2.28 bits per heavy atom. The summed E-state index contributed by atoms with van der Waals surface area (Å²) >= 11 is 0. The van der Waals surface area contributed by atoms with E-state index in [4.69, 9.17) is 0 Å². The lowest BCUT2D eigenvalue weighted by molar-refractivity contribution is -0.137. The lowest BCUT2D eigenvalue weighted by Gasteiger charge is -2.11. The van der Waals surface area contributed by atoms with Crippen LogP contribution < -0.4 is 5.01 Å². The average Bonchev–Trinajstić information content (AvgIpc) is 2.88. The molecule has 0 unspecified atom stereocenters. The Morgan fingerprint density at radius 1 is 1.04 bits per heavy atom. The van der Waals surface area contributed by atoms with Crippen LogP contribution in [-0.2, 0) is 11.0 Å².